The number of anilines is 2. The van der Waals surface area contributed by atoms with Gasteiger partial charge in [0.25, 0.3) is 5.91 Å². The predicted molar refractivity (Wildman–Crippen MR) is 91.4 cm³/mol. The van der Waals surface area contributed by atoms with Crippen LogP contribution < -0.4 is 10.9 Å². The number of amides is 1. The van der Waals surface area contributed by atoms with Gasteiger partial charge in [0, 0.05) is 11.9 Å². The van der Waals surface area contributed by atoms with E-state index in [4.69, 9.17) is 9.94 Å². The molecule has 11 heteroatoms. The molecule has 3 N–H and O–H groups in total. The first-order chi connectivity index (χ1) is 12.4. The molecule has 0 atom stereocenters. The molecule has 0 aliphatic carbocycles. The maximum Gasteiger partial charge on any atom is 0.302 e. The van der Waals surface area contributed by atoms with E-state index in [0.29, 0.717) is 9.96 Å². The highest BCUT2D eigenvalue weighted by atomic mass is 32.2. The van der Waals surface area contributed by atoms with Crippen molar-refractivity contribution in [2.75, 3.05) is 31.8 Å². The first-order valence-electron chi connectivity index (χ1n) is 7.29. The molecule has 0 saturated heterocycles. The lowest BCUT2D eigenvalue weighted by molar-refractivity contribution is -0.114. The van der Waals surface area contributed by atoms with E-state index in [2.05, 4.69) is 10.4 Å². The zero-order chi connectivity index (χ0) is 19.3. The fourth-order valence-corrected chi connectivity index (χ4v) is 2.37. The van der Waals surface area contributed by atoms with E-state index in [0.717, 1.165) is 0 Å². The zero-order valence-electron chi connectivity index (χ0n) is 13.9. The molecule has 8 nitrogen and oxygen atoms in total. The number of carbonyl (C=O) groups excluding carboxylic acids is 1. The van der Waals surface area contributed by atoms with Gasteiger partial charge in [-0.25, -0.2) is 14.6 Å². The normalized spacial score (nSPS) is 10.7. The highest BCUT2D eigenvalue weighted by molar-refractivity contribution is 7.98. The molecular weight excluding hydrogens is 370 g/mol. The smallest absolute Gasteiger partial charge is 0.302 e. The second kappa shape index (κ2) is 8.74. The van der Waals surface area contributed by atoms with Gasteiger partial charge in [0.05, 0.1) is 18.9 Å². The standard InChI is InChI=1S/C15H16F2N4O4S/c1-21(25-6-5-22)15(24)13-12(11(17)14(23)20-19-13)18-10-4-3-8(26-2)7-9(10)16/h3-4,7,22H,5-6H2,1-2H3,(H2,18,20,23). The number of rotatable bonds is 7. The fourth-order valence-electron chi connectivity index (χ4n) is 1.94. The summed E-state index contributed by atoms with van der Waals surface area (Å²) in [4.78, 5) is 29.4. The molecular formula is C15H16F2N4O4S. The van der Waals surface area contributed by atoms with E-state index in [1.807, 2.05) is 5.10 Å². The summed E-state index contributed by atoms with van der Waals surface area (Å²) in [6.45, 7) is -0.523. The van der Waals surface area contributed by atoms with Crippen LogP contribution in [0.3, 0.4) is 0 Å². The van der Waals surface area contributed by atoms with Gasteiger partial charge in [-0.2, -0.15) is 9.49 Å². The number of nitrogens with one attached hydrogen (secondary N) is 2. The summed E-state index contributed by atoms with van der Waals surface area (Å²) in [5, 5.41) is 17.2. The Bertz CT molecular complexity index is 862. The number of hydrogen-bond acceptors (Lipinski definition) is 7. The largest absolute Gasteiger partial charge is 0.394 e. The van der Waals surface area contributed by atoms with Crippen molar-refractivity contribution in [3.8, 4) is 0 Å². The third-order valence-electron chi connectivity index (χ3n) is 3.23. The van der Waals surface area contributed by atoms with E-state index in [-0.39, 0.29) is 18.9 Å². The summed E-state index contributed by atoms with van der Waals surface area (Å²) in [5.74, 6) is -2.93. The van der Waals surface area contributed by atoms with Crippen LogP contribution in [-0.2, 0) is 4.84 Å². The molecule has 2 aromatic rings. The van der Waals surface area contributed by atoms with Crippen LogP contribution in [0, 0.1) is 11.6 Å². The van der Waals surface area contributed by atoms with Crippen LogP contribution in [0.2, 0.25) is 0 Å². The van der Waals surface area contributed by atoms with E-state index < -0.39 is 34.5 Å². The second-order valence-corrected chi connectivity index (χ2v) is 5.80. The van der Waals surface area contributed by atoms with Gasteiger partial charge in [0.15, 0.2) is 5.69 Å². The summed E-state index contributed by atoms with van der Waals surface area (Å²) >= 11 is 1.32. The Morgan fingerprint density at radius 1 is 1.46 bits per heavy atom. The van der Waals surface area contributed by atoms with Gasteiger partial charge in [-0.3, -0.25) is 14.4 Å². The first-order valence-corrected chi connectivity index (χ1v) is 8.52. The summed E-state index contributed by atoms with van der Waals surface area (Å²) in [7, 11) is 1.22. The molecule has 1 aromatic heterocycles. The van der Waals surface area contributed by atoms with E-state index in [9.17, 15) is 18.4 Å². The van der Waals surface area contributed by atoms with Crippen molar-refractivity contribution < 1.29 is 23.5 Å². The number of aromatic amines is 1. The molecule has 0 unspecified atom stereocenters. The number of halogens is 2. The van der Waals surface area contributed by atoms with Crippen molar-refractivity contribution in [2.45, 2.75) is 4.90 Å². The Hall–Kier alpha value is -2.50. The third-order valence-corrected chi connectivity index (χ3v) is 3.95. The molecule has 26 heavy (non-hydrogen) atoms. The lowest BCUT2D eigenvalue weighted by atomic mass is 10.2. The average molecular weight is 386 g/mol. The first kappa shape index (κ1) is 19.8. The molecule has 0 bridgehead atoms. The van der Waals surface area contributed by atoms with Crippen molar-refractivity contribution in [1.82, 2.24) is 15.3 Å². The van der Waals surface area contributed by atoms with E-state index >= 15 is 0 Å². The number of nitrogens with zero attached hydrogens (tertiary/aromatic N) is 2. The van der Waals surface area contributed by atoms with Crippen LogP contribution in [0.1, 0.15) is 10.5 Å². The number of thioether (sulfide) groups is 1. The van der Waals surface area contributed by atoms with Crippen LogP contribution in [0.15, 0.2) is 27.9 Å². The Morgan fingerprint density at radius 2 is 2.19 bits per heavy atom. The topological polar surface area (TPSA) is 108 Å². The van der Waals surface area contributed by atoms with Crippen LogP contribution in [-0.4, -0.2) is 52.8 Å². The molecule has 0 radical (unpaired) electrons. The lowest BCUT2D eigenvalue weighted by Gasteiger charge is -2.18. The van der Waals surface area contributed by atoms with Crippen LogP contribution in [0.25, 0.3) is 0 Å². The van der Waals surface area contributed by atoms with E-state index in [1.165, 1.54) is 30.9 Å². The molecule has 0 saturated carbocycles. The summed E-state index contributed by atoms with van der Waals surface area (Å²) in [6, 6.07) is 4.16. The minimum Gasteiger partial charge on any atom is -0.394 e. The number of aliphatic hydroxyl groups excluding tert-OH is 1. The summed E-state index contributed by atoms with van der Waals surface area (Å²) < 4.78 is 28.4. The summed E-state index contributed by atoms with van der Waals surface area (Å²) in [6.07, 6.45) is 1.77. The highest BCUT2D eigenvalue weighted by Gasteiger charge is 2.24. The van der Waals surface area contributed by atoms with Crippen molar-refractivity contribution in [3.63, 3.8) is 0 Å². The molecule has 2 rings (SSSR count). The Morgan fingerprint density at radius 3 is 2.81 bits per heavy atom. The van der Waals surface area contributed by atoms with E-state index in [1.54, 1.807) is 12.3 Å². The third kappa shape index (κ3) is 4.36. The van der Waals surface area contributed by atoms with Gasteiger partial charge < -0.3 is 10.4 Å². The second-order valence-electron chi connectivity index (χ2n) is 4.92. The molecule has 0 fully saturated rings. The Labute approximate surface area is 151 Å². The number of hydrogen-bond donors (Lipinski definition) is 3. The van der Waals surface area contributed by atoms with Crippen molar-refractivity contribution in [1.29, 1.82) is 0 Å². The zero-order valence-corrected chi connectivity index (χ0v) is 14.7. The molecule has 0 spiro atoms. The Kier molecular flexibility index (Phi) is 6.66. The van der Waals surface area contributed by atoms with Gasteiger partial charge >= 0.3 is 5.56 Å². The highest BCUT2D eigenvalue weighted by Crippen LogP contribution is 2.26. The molecule has 1 heterocycles. The minimum absolute atomic E-state index is 0.137. The number of aliphatic hydroxyl groups is 1. The average Bonchev–Trinajstić information content (AvgIpc) is 2.64. The predicted octanol–water partition coefficient (Wildman–Crippen LogP) is 1.51. The number of carbonyl (C=O) groups is 1. The quantitative estimate of drug-likeness (QED) is 0.489. The van der Waals surface area contributed by atoms with Gasteiger partial charge in [-0.1, -0.05) is 0 Å². The molecule has 0 aliphatic heterocycles. The molecule has 0 aliphatic rings. The number of aromatic nitrogens is 2. The lowest BCUT2D eigenvalue weighted by Crippen LogP contribution is -2.31. The molecule has 140 valence electrons. The van der Waals surface area contributed by atoms with Crippen molar-refractivity contribution in [3.05, 3.63) is 45.9 Å². The van der Waals surface area contributed by atoms with Gasteiger partial charge in [0.1, 0.15) is 11.5 Å². The number of hydroxylamine groups is 2. The van der Waals surface area contributed by atoms with Crippen LogP contribution in [0.5, 0.6) is 0 Å². The minimum atomic E-state index is -1.33. The number of H-pyrrole nitrogens is 1. The van der Waals surface area contributed by atoms with Gasteiger partial charge in [-0.15, -0.1) is 11.8 Å². The van der Waals surface area contributed by atoms with Gasteiger partial charge in [-0.05, 0) is 24.5 Å². The number of benzene rings is 1. The summed E-state index contributed by atoms with van der Waals surface area (Å²) in [5.41, 5.74) is -2.42. The van der Waals surface area contributed by atoms with Gasteiger partial charge in [0.2, 0.25) is 5.82 Å². The maximum atomic E-state index is 14.3. The van der Waals surface area contributed by atoms with Crippen LogP contribution >= 0.6 is 11.8 Å². The van der Waals surface area contributed by atoms with Crippen molar-refractivity contribution >= 4 is 29.0 Å². The molecule has 1 amide bonds. The maximum absolute atomic E-state index is 14.3. The SMILES string of the molecule is CSc1ccc(Nc2c(C(=O)N(C)OCCO)n[nH]c(=O)c2F)c(F)c1. The molecule has 1 aromatic carbocycles. The van der Waals surface area contributed by atoms with Crippen LogP contribution in [0.4, 0.5) is 20.2 Å². The van der Waals surface area contributed by atoms with Crippen molar-refractivity contribution in [2.24, 2.45) is 0 Å². The monoisotopic (exact) mass is 386 g/mol. The fraction of sp³-hybridized carbons (Fsp3) is 0.267. The Balaban J connectivity index is 2.42.